The fraction of sp³-hybridized carbons (Fsp3) is 0.435. The number of amides is 1. The third-order valence-electron chi connectivity index (χ3n) is 5.48. The van der Waals surface area contributed by atoms with Crippen molar-refractivity contribution < 1.29 is 13.7 Å². The maximum absolute atomic E-state index is 12.5. The molecule has 1 aromatic carbocycles. The predicted molar refractivity (Wildman–Crippen MR) is 128 cm³/mol. The van der Waals surface area contributed by atoms with E-state index in [1.54, 1.807) is 6.26 Å². The summed E-state index contributed by atoms with van der Waals surface area (Å²) in [5.41, 5.74) is 0.929. The van der Waals surface area contributed by atoms with Crippen LogP contribution in [0.25, 0.3) is 11.4 Å². The van der Waals surface area contributed by atoms with Gasteiger partial charge in [-0.05, 0) is 74.5 Å². The maximum Gasteiger partial charge on any atom is 0.241 e. The van der Waals surface area contributed by atoms with Gasteiger partial charge in [0.1, 0.15) is 5.76 Å². The lowest BCUT2D eigenvalue weighted by Crippen LogP contribution is -2.40. The van der Waals surface area contributed by atoms with Crippen LogP contribution in [-0.4, -0.2) is 46.3 Å². The van der Waals surface area contributed by atoms with Crippen LogP contribution in [-0.2, 0) is 17.1 Å². The summed E-state index contributed by atoms with van der Waals surface area (Å²) in [4.78, 5) is 19.3. The second-order valence-corrected chi connectivity index (χ2v) is 9.87. The van der Waals surface area contributed by atoms with E-state index in [9.17, 15) is 4.79 Å². The first-order valence-electron chi connectivity index (χ1n) is 10.9. The van der Waals surface area contributed by atoms with Gasteiger partial charge in [-0.25, -0.2) is 0 Å². The Morgan fingerprint density at radius 1 is 1.22 bits per heavy atom. The number of carbonyl (C=O) groups excluding carboxylic acids is 1. The van der Waals surface area contributed by atoms with Gasteiger partial charge in [0.05, 0.1) is 18.6 Å². The Labute approximate surface area is 200 Å². The normalized spacial score (nSPS) is 15.2. The molecule has 0 unspecified atom stereocenters. The topological polar surface area (TPSA) is 84.4 Å². The molecule has 0 bridgehead atoms. The summed E-state index contributed by atoms with van der Waals surface area (Å²) in [6, 6.07) is 11.7. The first-order chi connectivity index (χ1) is 15.7. The van der Waals surface area contributed by atoms with Crippen molar-refractivity contribution in [1.82, 2.24) is 20.4 Å². The Morgan fingerprint density at radius 2 is 2.03 bits per heavy atom. The lowest BCUT2D eigenvalue weighted by Gasteiger charge is -2.30. The zero-order chi connectivity index (χ0) is 22.2. The average molecular weight is 519 g/mol. The monoisotopic (exact) mass is 518 g/mol. The summed E-state index contributed by atoms with van der Waals surface area (Å²) in [5, 5.41) is 7.19. The zero-order valence-corrected chi connectivity index (χ0v) is 20.2. The van der Waals surface area contributed by atoms with E-state index in [1.807, 2.05) is 48.2 Å². The summed E-state index contributed by atoms with van der Waals surface area (Å²) in [6.07, 6.45) is 4.37. The van der Waals surface area contributed by atoms with Crippen molar-refractivity contribution in [2.75, 3.05) is 25.4 Å². The number of benzene rings is 1. The highest BCUT2D eigenvalue weighted by Crippen LogP contribution is 2.22. The molecule has 0 aliphatic carbocycles. The standard InChI is InChI=1S/C23H27BrN4O3S/c24-19-6-4-17(5-7-19)22-26-21(31-27-22)15-28-11-8-18(9-12-28)23(29)25-10-2-14-32-16-20-3-1-13-30-20/h1,3-7,13,18H,2,8-12,14-16H2,(H,25,29). The van der Waals surface area contributed by atoms with Gasteiger partial charge in [-0.3, -0.25) is 9.69 Å². The molecule has 4 rings (SSSR count). The Balaban J connectivity index is 1.12. The van der Waals surface area contributed by atoms with Crippen LogP contribution in [0.15, 0.2) is 56.1 Å². The Morgan fingerprint density at radius 3 is 2.78 bits per heavy atom. The summed E-state index contributed by atoms with van der Waals surface area (Å²) < 4.78 is 11.8. The minimum atomic E-state index is 0.0861. The molecule has 3 aromatic rings. The van der Waals surface area contributed by atoms with Gasteiger partial charge in [-0.2, -0.15) is 16.7 Å². The molecule has 1 saturated heterocycles. The molecule has 1 aliphatic heterocycles. The second-order valence-electron chi connectivity index (χ2n) is 7.85. The Hall–Kier alpha value is -2.10. The molecule has 1 amide bonds. The highest BCUT2D eigenvalue weighted by atomic mass is 79.9. The van der Waals surface area contributed by atoms with Gasteiger partial charge in [-0.1, -0.05) is 21.1 Å². The molecule has 0 atom stereocenters. The molecule has 0 saturated carbocycles. The number of rotatable bonds is 10. The number of nitrogens with zero attached hydrogens (tertiary/aromatic N) is 3. The van der Waals surface area contributed by atoms with Crippen LogP contribution in [0.2, 0.25) is 0 Å². The SMILES string of the molecule is O=C(NCCCSCc1ccco1)C1CCN(Cc2nc(-c3ccc(Br)cc3)no2)CC1. The molecule has 1 N–H and O–H groups in total. The van der Waals surface area contributed by atoms with E-state index in [1.165, 1.54) is 0 Å². The van der Waals surface area contributed by atoms with E-state index in [-0.39, 0.29) is 11.8 Å². The van der Waals surface area contributed by atoms with Crippen molar-refractivity contribution in [2.24, 2.45) is 5.92 Å². The number of hydrogen-bond donors (Lipinski definition) is 1. The number of nitrogens with one attached hydrogen (secondary N) is 1. The molecule has 0 spiro atoms. The fourth-order valence-electron chi connectivity index (χ4n) is 3.68. The molecular formula is C23H27BrN4O3S. The van der Waals surface area contributed by atoms with Crippen LogP contribution < -0.4 is 5.32 Å². The van der Waals surface area contributed by atoms with Crippen LogP contribution in [0.1, 0.15) is 30.9 Å². The van der Waals surface area contributed by atoms with E-state index in [0.29, 0.717) is 18.3 Å². The van der Waals surface area contributed by atoms with Crippen LogP contribution in [0.5, 0.6) is 0 Å². The van der Waals surface area contributed by atoms with Gasteiger partial charge in [0.2, 0.25) is 17.6 Å². The number of likely N-dealkylation sites (tertiary alicyclic amines) is 1. The molecule has 1 aliphatic rings. The summed E-state index contributed by atoms with van der Waals surface area (Å²) >= 11 is 5.26. The van der Waals surface area contributed by atoms with Crippen LogP contribution in [0, 0.1) is 5.92 Å². The predicted octanol–water partition coefficient (Wildman–Crippen LogP) is 4.74. The molecule has 3 heterocycles. The third-order valence-corrected chi connectivity index (χ3v) is 7.07. The highest BCUT2D eigenvalue weighted by Gasteiger charge is 2.25. The van der Waals surface area contributed by atoms with E-state index in [2.05, 4.69) is 36.3 Å². The van der Waals surface area contributed by atoms with Gasteiger partial charge < -0.3 is 14.3 Å². The van der Waals surface area contributed by atoms with E-state index < -0.39 is 0 Å². The van der Waals surface area contributed by atoms with Crippen molar-refractivity contribution in [3.8, 4) is 11.4 Å². The Bertz CT molecular complexity index is 970. The molecule has 1 fully saturated rings. The number of furan rings is 1. The lowest BCUT2D eigenvalue weighted by atomic mass is 9.96. The highest BCUT2D eigenvalue weighted by molar-refractivity contribution is 9.10. The fourth-order valence-corrected chi connectivity index (χ4v) is 4.80. The van der Waals surface area contributed by atoms with Crippen molar-refractivity contribution in [1.29, 1.82) is 0 Å². The molecule has 2 aromatic heterocycles. The van der Waals surface area contributed by atoms with Gasteiger partial charge in [0.15, 0.2) is 0 Å². The zero-order valence-electron chi connectivity index (χ0n) is 17.8. The third kappa shape index (κ3) is 6.70. The number of aromatic nitrogens is 2. The minimum Gasteiger partial charge on any atom is -0.468 e. The summed E-state index contributed by atoms with van der Waals surface area (Å²) in [5.74, 6) is 4.35. The summed E-state index contributed by atoms with van der Waals surface area (Å²) in [7, 11) is 0. The maximum atomic E-state index is 12.5. The van der Waals surface area contributed by atoms with Crippen LogP contribution in [0.3, 0.4) is 0 Å². The largest absolute Gasteiger partial charge is 0.468 e. The van der Waals surface area contributed by atoms with Crippen molar-refractivity contribution in [3.63, 3.8) is 0 Å². The average Bonchev–Trinajstić information content (AvgIpc) is 3.49. The number of carbonyl (C=O) groups is 1. The molecule has 0 radical (unpaired) electrons. The van der Waals surface area contributed by atoms with Gasteiger partial charge in [0, 0.05) is 22.5 Å². The quantitative estimate of drug-likeness (QED) is 0.387. The van der Waals surface area contributed by atoms with Gasteiger partial charge in [-0.15, -0.1) is 0 Å². The van der Waals surface area contributed by atoms with Gasteiger partial charge >= 0.3 is 0 Å². The van der Waals surface area contributed by atoms with Gasteiger partial charge in [0.25, 0.3) is 0 Å². The smallest absolute Gasteiger partial charge is 0.241 e. The Kier molecular flexibility index (Phi) is 8.42. The van der Waals surface area contributed by atoms with E-state index in [4.69, 9.17) is 8.94 Å². The van der Waals surface area contributed by atoms with Crippen LogP contribution >= 0.6 is 27.7 Å². The number of hydrogen-bond acceptors (Lipinski definition) is 7. The van der Waals surface area contributed by atoms with Crippen LogP contribution in [0.4, 0.5) is 0 Å². The lowest BCUT2D eigenvalue weighted by molar-refractivity contribution is -0.126. The summed E-state index contributed by atoms with van der Waals surface area (Å²) in [6.45, 7) is 3.05. The molecule has 9 heteroatoms. The number of halogens is 1. The number of thioether (sulfide) groups is 1. The molecule has 32 heavy (non-hydrogen) atoms. The second kappa shape index (κ2) is 11.7. The first-order valence-corrected chi connectivity index (χ1v) is 12.8. The minimum absolute atomic E-state index is 0.0861. The van der Waals surface area contributed by atoms with E-state index >= 15 is 0 Å². The van der Waals surface area contributed by atoms with Crippen molar-refractivity contribution in [2.45, 2.75) is 31.6 Å². The molecular weight excluding hydrogens is 492 g/mol. The first kappa shape index (κ1) is 23.1. The van der Waals surface area contributed by atoms with E-state index in [0.717, 1.165) is 66.2 Å². The molecule has 170 valence electrons. The van der Waals surface area contributed by atoms with Crippen molar-refractivity contribution in [3.05, 3.63) is 58.8 Å². The molecule has 7 nitrogen and oxygen atoms in total. The van der Waals surface area contributed by atoms with Crippen molar-refractivity contribution >= 4 is 33.6 Å². The number of piperidine rings is 1.